The SMILES string of the molecule is OCc1c(I)cnc(CF)c1OC(F)(F)F. The molecule has 0 fully saturated rings. The van der Waals surface area contributed by atoms with E-state index in [4.69, 9.17) is 5.11 Å². The number of nitrogens with zero attached hydrogens (tertiary/aromatic N) is 1. The van der Waals surface area contributed by atoms with Gasteiger partial charge >= 0.3 is 6.36 Å². The van der Waals surface area contributed by atoms with Crippen LogP contribution in [-0.4, -0.2) is 16.5 Å². The summed E-state index contributed by atoms with van der Waals surface area (Å²) >= 11 is 1.68. The molecule has 1 aromatic heterocycles. The number of halogens is 5. The molecule has 1 N–H and O–H groups in total. The molecule has 1 rings (SSSR count). The highest BCUT2D eigenvalue weighted by molar-refractivity contribution is 14.1. The minimum absolute atomic E-state index is 0.124. The smallest absolute Gasteiger partial charge is 0.403 e. The first-order valence-corrected chi connectivity index (χ1v) is 5.05. The number of aliphatic hydroxyl groups excluding tert-OH is 1. The molecule has 0 aromatic carbocycles. The number of pyridine rings is 1. The van der Waals surface area contributed by atoms with Gasteiger partial charge in [-0.05, 0) is 22.6 Å². The van der Waals surface area contributed by atoms with Crippen LogP contribution >= 0.6 is 22.6 Å². The molecule has 0 aliphatic rings. The van der Waals surface area contributed by atoms with E-state index in [0.29, 0.717) is 0 Å². The normalized spacial score (nSPS) is 11.6. The quantitative estimate of drug-likeness (QED) is 0.673. The van der Waals surface area contributed by atoms with Crippen molar-refractivity contribution in [3.8, 4) is 5.75 Å². The van der Waals surface area contributed by atoms with Gasteiger partial charge in [-0.3, -0.25) is 4.98 Å². The lowest BCUT2D eigenvalue weighted by atomic mass is 10.2. The molecule has 8 heteroatoms. The number of rotatable bonds is 3. The van der Waals surface area contributed by atoms with Gasteiger partial charge in [-0.25, -0.2) is 4.39 Å². The number of hydrogen-bond acceptors (Lipinski definition) is 3. The summed E-state index contributed by atoms with van der Waals surface area (Å²) in [6.45, 7) is -1.88. The minimum Gasteiger partial charge on any atom is -0.403 e. The molecule has 0 unspecified atom stereocenters. The van der Waals surface area contributed by atoms with Crippen molar-refractivity contribution in [1.29, 1.82) is 0 Å². The fourth-order valence-electron chi connectivity index (χ4n) is 1.03. The first kappa shape index (κ1) is 13.4. The van der Waals surface area contributed by atoms with E-state index in [1.54, 1.807) is 22.6 Å². The summed E-state index contributed by atoms with van der Waals surface area (Å²) in [5.74, 6) is -0.760. The van der Waals surface area contributed by atoms with Crippen molar-refractivity contribution in [3.63, 3.8) is 0 Å². The molecule has 0 aliphatic carbocycles. The second-order valence-corrected chi connectivity index (χ2v) is 3.86. The van der Waals surface area contributed by atoms with E-state index in [-0.39, 0.29) is 9.13 Å². The molecule has 0 atom stereocenters. The maximum Gasteiger partial charge on any atom is 0.573 e. The Bertz CT molecular complexity index is 383. The van der Waals surface area contributed by atoms with Gasteiger partial charge in [0.25, 0.3) is 0 Å². The molecule has 3 nitrogen and oxygen atoms in total. The van der Waals surface area contributed by atoms with E-state index in [1.807, 2.05) is 0 Å². The monoisotopic (exact) mass is 351 g/mol. The van der Waals surface area contributed by atoms with E-state index in [0.717, 1.165) is 0 Å². The third-order valence-corrected chi connectivity index (χ3v) is 2.59. The molecule has 0 bridgehead atoms. The summed E-state index contributed by atoms with van der Waals surface area (Å²) in [4.78, 5) is 3.47. The van der Waals surface area contributed by atoms with Crippen LogP contribution in [0.15, 0.2) is 6.20 Å². The van der Waals surface area contributed by atoms with Crippen molar-refractivity contribution in [3.05, 3.63) is 21.0 Å². The minimum atomic E-state index is -4.94. The lowest BCUT2D eigenvalue weighted by molar-refractivity contribution is -0.275. The predicted molar refractivity (Wildman–Crippen MR) is 54.4 cm³/mol. The number of hydrogen-bond donors (Lipinski definition) is 1. The van der Waals surface area contributed by atoms with Crippen molar-refractivity contribution < 1.29 is 27.4 Å². The van der Waals surface area contributed by atoms with Crippen LogP contribution in [0.4, 0.5) is 17.6 Å². The van der Waals surface area contributed by atoms with Crippen LogP contribution in [0.5, 0.6) is 5.75 Å². The van der Waals surface area contributed by atoms with Crippen LogP contribution in [0.2, 0.25) is 0 Å². The van der Waals surface area contributed by atoms with Gasteiger partial charge in [0.05, 0.1) is 6.61 Å². The van der Waals surface area contributed by atoms with Crippen LogP contribution in [0.3, 0.4) is 0 Å². The molecule has 0 saturated carbocycles. The molecule has 0 spiro atoms. The van der Waals surface area contributed by atoms with E-state index in [9.17, 15) is 17.6 Å². The van der Waals surface area contributed by atoms with E-state index in [2.05, 4.69) is 9.72 Å². The summed E-state index contributed by atoms with van der Waals surface area (Å²) in [5.41, 5.74) is -0.609. The number of ether oxygens (including phenoxy) is 1. The molecule has 0 radical (unpaired) electrons. The van der Waals surface area contributed by atoms with Gasteiger partial charge in [0.15, 0.2) is 5.75 Å². The van der Waals surface area contributed by atoms with Crippen molar-refractivity contribution in [2.75, 3.05) is 0 Å². The Labute approximate surface area is 102 Å². The zero-order chi connectivity index (χ0) is 12.3. The van der Waals surface area contributed by atoms with Gasteiger partial charge in [0.2, 0.25) is 0 Å². The number of aromatic nitrogens is 1. The summed E-state index contributed by atoms with van der Waals surface area (Å²) in [6.07, 6.45) is -3.77. The Balaban J connectivity index is 3.25. The van der Waals surface area contributed by atoms with Gasteiger partial charge in [-0.2, -0.15) is 0 Å². The summed E-state index contributed by atoms with van der Waals surface area (Å²) < 4.78 is 52.5. The Morgan fingerprint density at radius 3 is 2.50 bits per heavy atom. The van der Waals surface area contributed by atoms with Crippen LogP contribution in [0, 0.1) is 3.57 Å². The largest absolute Gasteiger partial charge is 0.573 e. The Kier molecular flexibility index (Phi) is 4.30. The fraction of sp³-hybridized carbons (Fsp3) is 0.375. The average molecular weight is 351 g/mol. The molecule has 16 heavy (non-hydrogen) atoms. The van der Waals surface area contributed by atoms with Crippen LogP contribution in [0.1, 0.15) is 11.3 Å². The maximum absolute atomic E-state index is 12.4. The number of alkyl halides is 4. The van der Waals surface area contributed by atoms with E-state index in [1.165, 1.54) is 6.20 Å². The molecule has 0 aliphatic heterocycles. The molecular formula is C8H6F4INO2. The maximum atomic E-state index is 12.4. The van der Waals surface area contributed by atoms with Crippen molar-refractivity contribution in [2.24, 2.45) is 0 Å². The summed E-state index contributed by atoms with van der Waals surface area (Å²) in [7, 11) is 0. The first-order chi connectivity index (χ1) is 7.39. The third kappa shape index (κ3) is 3.17. The van der Waals surface area contributed by atoms with Gasteiger partial charge in [0, 0.05) is 15.3 Å². The van der Waals surface area contributed by atoms with Crippen LogP contribution < -0.4 is 4.74 Å². The van der Waals surface area contributed by atoms with Gasteiger partial charge in [-0.1, -0.05) is 0 Å². The molecule has 90 valence electrons. The average Bonchev–Trinajstić information content (AvgIpc) is 2.16. The van der Waals surface area contributed by atoms with Crippen molar-refractivity contribution >= 4 is 22.6 Å². The fourth-order valence-corrected chi connectivity index (χ4v) is 1.59. The lowest BCUT2D eigenvalue weighted by Crippen LogP contribution is -2.20. The highest BCUT2D eigenvalue weighted by Crippen LogP contribution is 2.32. The van der Waals surface area contributed by atoms with Crippen LogP contribution in [-0.2, 0) is 13.3 Å². The van der Waals surface area contributed by atoms with E-state index >= 15 is 0 Å². The second kappa shape index (κ2) is 5.13. The van der Waals surface area contributed by atoms with E-state index < -0.39 is 31.1 Å². The Hall–Kier alpha value is -0.640. The predicted octanol–water partition coefficient (Wildman–Crippen LogP) is 2.55. The molecule has 0 amide bonds. The molecule has 1 heterocycles. The summed E-state index contributed by atoms with van der Waals surface area (Å²) in [6, 6.07) is 0. The zero-order valence-electron chi connectivity index (χ0n) is 7.68. The molecular weight excluding hydrogens is 345 g/mol. The second-order valence-electron chi connectivity index (χ2n) is 2.70. The molecule has 0 saturated heterocycles. The van der Waals surface area contributed by atoms with Gasteiger partial charge < -0.3 is 9.84 Å². The van der Waals surface area contributed by atoms with Gasteiger partial charge in [0.1, 0.15) is 12.4 Å². The first-order valence-electron chi connectivity index (χ1n) is 3.98. The summed E-state index contributed by atoms with van der Waals surface area (Å²) in [5, 5.41) is 8.91. The topological polar surface area (TPSA) is 42.4 Å². The Morgan fingerprint density at radius 2 is 2.06 bits per heavy atom. The highest BCUT2D eigenvalue weighted by atomic mass is 127. The van der Waals surface area contributed by atoms with Crippen LogP contribution in [0.25, 0.3) is 0 Å². The zero-order valence-corrected chi connectivity index (χ0v) is 9.84. The number of aliphatic hydroxyl groups is 1. The third-order valence-electron chi connectivity index (χ3n) is 1.66. The standard InChI is InChI=1S/C8H6F4INO2/c9-1-6-7(16-8(10,11)12)4(3-15)5(13)2-14-6/h2,15H,1,3H2. The highest BCUT2D eigenvalue weighted by Gasteiger charge is 2.34. The lowest BCUT2D eigenvalue weighted by Gasteiger charge is -2.15. The van der Waals surface area contributed by atoms with Crippen molar-refractivity contribution in [2.45, 2.75) is 19.6 Å². The Morgan fingerprint density at radius 1 is 1.44 bits per heavy atom. The molecule has 1 aromatic rings. The van der Waals surface area contributed by atoms with Crippen molar-refractivity contribution in [1.82, 2.24) is 4.98 Å². The van der Waals surface area contributed by atoms with Gasteiger partial charge in [-0.15, -0.1) is 13.2 Å².